The van der Waals surface area contributed by atoms with E-state index >= 15 is 0 Å². The third kappa shape index (κ3) is 2.91. The standard InChI is InChI=1S/C21H19F2N3O/c1-13-10-16(14(2)26(13)20-7-3-4-8-24-20)21(27)25-9-5-6-15-11-17(22)18(23)12-19(15)25/h3-4,7-8,10-12H,5-6,9H2,1-2H3. The van der Waals surface area contributed by atoms with Crippen LogP contribution in [-0.4, -0.2) is 22.0 Å². The number of benzene rings is 1. The van der Waals surface area contributed by atoms with Crippen LogP contribution >= 0.6 is 0 Å². The van der Waals surface area contributed by atoms with E-state index < -0.39 is 11.6 Å². The number of rotatable bonds is 2. The summed E-state index contributed by atoms with van der Waals surface area (Å²) in [5.74, 6) is -1.29. The summed E-state index contributed by atoms with van der Waals surface area (Å²) >= 11 is 0. The third-order valence-electron chi connectivity index (χ3n) is 5.03. The molecule has 0 saturated carbocycles. The summed E-state index contributed by atoms with van der Waals surface area (Å²) in [5.41, 5.74) is 3.30. The molecule has 0 bridgehead atoms. The Hall–Kier alpha value is -3.02. The predicted molar refractivity (Wildman–Crippen MR) is 99.4 cm³/mol. The molecule has 0 N–H and O–H groups in total. The van der Waals surface area contributed by atoms with Crippen LogP contribution in [0.4, 0.5) is 14.5 Å². The average Bonchev–Trinajstić information content (AvgIpc) is 2.96. The van der Waals surface area contributed by atoms with Crippen molar-refractivity contribution in [1.82, 2.24) is 9.55 Å². The highest BCUT2D eigenvalue weighted by Gasteiger charge is 2.28. The van der Waals surface area contributed by atoms with Gasteiger partial charge in [0.1, 0.15) is 5.82 Å². The number of hydrogen-bond acceptors (Lipinski definition) is 2. The van der Waals surface area contributed by atoms with Crippen LogP contribution in [0.15, 0.2) is 42.6 Å². The minimum atomic E-state index is -0.938. The van der Waals surface area contributed by atoms with Gasteiger partial charge in [-0.15, -0.1) is 0 Å². The van der Waals surface area contributed by atoms with Gasteiger partial charge in [-0.05, 0) is 56.5 Å². The molecule has 0 saturated heterocycles. The van der Waals surface area contributed by atoms with Crippen molar-refractivity contribution in [2.24, 2.45) is 0 Å². The maximum Gasteiger partial charge on any atom is 0.260 e. The summed E-state index contributed by atoms with van der Waals surface area (Å²) in [5, 5.41) is 0. The average molecular weight is 367 g/mol. The van der Waals surface area contributed by atoms with Gasteiger partial charge in [0.15, 0.2) is 11.6 Å². The number of nitrogens with zero attached hydrogens (tertiary/aromatic N) is 3. The van der Waals surface area contributed by atoms with Gasteiger partial charge >= 0.3 is 0 Å². The first-order valence-electron chi connectivity index (χ1n) is 8.87. The Bertz CT molecular complexity index is 1030. The summed E-state index contributed by atoms with van der Waals surface area (Å²) in [6.07, 6.45) is 3.04. The van der Waals surface area contributed by atoms with Crippen LogP contribution in [0.25, 0.3) is 5.82 Å². The summed E-state index contributed by atoms with van der Waals surface area (Å²) in [7, 11) is 0. The molecule has 138 valence electrons. The van der Waals surface area contributed by atoms with Crippen molar-refractivity contribution in [3.8, 4) is 5.82 Å². The molecule has 1 aliphatic heterocycles. The van der Waals surface area contributed by atoms with Gasteiger partial charge in [0.25, 0.3) is 5.91 Å². The number of aryl methyl sites for hydroxylation is 2. The van der Waals surface area contributed by atoms with Gasteiger partial charge < -0.3 is 9.47 Å². The fraction of sp³-hybridized carbons (Fsp3) is 0.238. The van der Waals surface area contributed by atoms with Gasteiger partial charge in [-0.2, -0.15) is 0 Å². The van der Waals surface area contributed by atoms with E-state index in [1.165, 1.54) is 6.07 Å². The predicted octanol–water partition coefficient (Wildman–Crippen LogP) is 4.36. The number of amides is 1. The van der Waals surface area contributed by atoms with Gasteiger partial charge in [0, 0.05) is 30.2 Å². The molecular weight excluding hydrogens is 348 g/mol. The highest BCUT2D eigenvalue weighted by Crippen LogP contribution is 2.31. The van der Waals surface area contributed by atoms with Gasteiger partial charge in [0.2, 0.25) is 0 Å². The number of hydrogen-bond donors (Lipinski definition) is 0. The van der Waals surface area contributed by atoms with E-state index in [0.717, 1.165) is 23.3 Å². The Morgan fingerprint density at radius 3 is 2.63 bits per heavy atom. The highest BCUT2D eigenvalue weighted by molar-refractivity contribution is 6.07. The van der Waals surface area contributed by atoms with Crippen LogP contribution < -0.4 is 4.90 Å². The van der Waals surface area contributed by atoms with E-state index in [1.807, 2.05) is 42.7 Å². The first-order chi connectivity index (χ1) is 13.0. The van der Waals surface area contributed by atoms with Crippen LogP contribution in [0.1, 0.15) is 33.7 Å². The molecule has 1 aromatic carbocycles. The smallest absolute Gasteiger partial charge is 0.260 e. The fourth-order valence-electron chi connectivity index (χ4n) is 3.75. The number of carbonyl (C=O) groups excluding carboxylic acids is 1. The normalized spacial score (nSPS) is 13.6. The lowest BCUT2D eigenvalue weighted by atomic mass is 10.0. The molecule has 0 aliphatic carbocycles. The zero-order valence-electron chi connectivity index (χ0n) is 15.2. The zero-order chi connectivity index (χ0) is 19.1. The minimum Gasteiger partial charge on any atom is -0.308 e. The number of anilines is 1. The van der Waals surface area contributed by atoms with Gasteiger partial charge in [-0.1, -0.05) is 6.07 Å². The fourth-order valence-corrected chi connectivity index (χ4v) is 3.75. The molecule has 0 radical (unpaired) electrons. The monoisotopic (exact) mass is 367 g/mol. The third-order valence-corrected chi connectivity index (χ3v) is 5.03. The Morgan fingerprint density at radius 1 is 1.11 bits per heavy atom. The lowest BCUT2D eigenvalue weighted by Gasteiger charge is -2.29. The Balaban J connectivity index is 1.77. The van der Waals surface area contributed by atoms with Crippen molar-refractivity contribution in [1.29, 1.82) is 0 Å². The zero-order valence-corrected chi connectivity index (χ0v) is 15.2. The highest BCUT2D eigenvalue weighted by atomic mass is 19.2. The van der Waals surface area contributed by atoms with Crippen LogP contribution in [0, 0.1) is 25.5 Å². The second kappa shape index (κ2) is 6.61. The Labute approximate surface area is 156 Å². The Kier molecular flexibility index (Phi) is 4.26. The van der Waals surface area contributed by atoms with Gasteiger partial charge in [-0.3, -0.25) is 4.79 Å². The van der Waals surface area contributed by atoms with Crippen molar-refractivity contribution in [2.45, 2.75) is 26.7 Å². The summed E-state index contributed by atoms with van der Waals surface area (Å²) in [4.78, 5) is 19.2. The number of aromatic nitrogens is 2. The van der Waals surface area contributed by atoms with E-state index in [0.29, 0.717) is 36.2 Å². The second-order valence-corrected chi connectivity index (χ2v) is 6.76. The molecule has 0 unspecified atom stereocenters. The van der Waals surface area contributed by atoms with E-state index in [9.17, 15) is 13.6 Å². The molecule has 6 heteroatoms. The van der Waals surface area contributed by atoms with Crippen molar-refractivity contribution >= 4 is 11.6 Å². The molecule has 4 nitrogen and oxygen atoms in total. The summed E-state index contributed by atoms with van der Waals surface area (Å²) < 4.78 is 29.3. The van der Waals surface area contributed by atoms with Crippen LogP contribution in [0.5, 0.6) is 0 Å². The maximum atomic E-state index is 13.8. The quantitative estimate of drug-likeness (QED) is 0.675. The molecule has 1 aliphatic rings. The number of halogens is 2. The number of fused-ring (bicyclic) bond motifs is 1. The minimum absolute atomic E-state index is 0.211. The number of carbonyl (C=O) groups is 1. The first-order valence-corrected chi connectivity index (χ1v) is 8.87. The molecule has 0 spiro atoms. The lowest BCUT2D eigenvalue weighted by Crippen LogP contribution is -2.36. The molecule has 2 aromatic heterocycles. The maximum absolute atomic E-state index is 13.8. The molecule has 0 fully saturated rings. The van der Waals surface area contributed by atoms with E-state index in [-0.39, 0.29) is 5.91 Å². The summed E-state index contributed by atoms with van der Waals surface area (Å²) in [6.45, 7) is 4.26. The molecule has 4 rings (SSSR count). The van der Waals surface area contributed by atoms with Crippen LogP contribution in [0.2, 0.25) is 0 Å². The lowest BCUT2D eigenvalue weighted by molar-refractivity contribution is 0.0984. The van der Waals surface area contributed by atoms with E-state index in [2.05, 4.69) is 4.98 Å². The molecule has 0 atom stereocenters. The second-order valence-electron chi connectivity index (χ2n) is 6.76. The van der Waals surface area contributed by atoms with Gasteiger partial charge in [-0.25, -0.2) is 13.8 Å². The largest absolute Gasteiger partial charge is 0.308 e. The Morgan fingerprint density at radius 2 is 1.89 bits per heavy atom. The van der Waals surface area contributed by atoms with Crippen LogP contribution in [-0.2, 0) is 6.42 Å². The first kappa shape index (κ1) is 17.4. The SMILES string of the molecule is Cc1cc(C(=O)N2CCCc3cc(F)c(F)cc32)c(C)n1-c1ccccn1. The summed E-state index contributed by atoms with van der Waals surface area (Å²) in [6, 6.07) is 9.74. The molecule has 1 amide bonds. The molecule has 3 heterocycles. The molecule has 3 aromatic rings. The van der Waals surface area contributed by atoms with Gasteiger partial charge in [0.05, 0.1) is 11.3 Å². The van der Waals surface area contributed by atoms with Crippen LogP contribution in [0.3, 0.4) is 0 Å². The van der Waals surface area contributed by atoms with E-state index in [1.54, 1.807) is 11.1 Å². The van der Waals surface area contributed by atoms with Crippen molar-refractivity contribution in [3.63, 3.8) is 0 Å². The van der Waals surface area contributed by atoms with Crippen molar-refractivity contribution in [2.75, 3.05) is 11.4 Å². The molecular formula is C21H19F2N3O. The van der Waals surface area contributed by atoms with Crippen molar-refractivity contribution < 1.29 is 13.6 Å². The molecule has 27 heavy (non-hydrogen) atoms. The number of pyridine rings is 1. The van der Waals surface area contributed by atoms with Crippen molar-refractivity contribution in [3.05, 3.63) is 76.7 Å². The van der Waals surface area contributed by atoms with E-state index in [4.69, 9.17) is 0 Å². The topological polar surface area (TPSA) is 38.1 Å².